The average molecular weight is 351 g/mol. The van der Waals surface area contributed by atoms with Crippen LogP contribution in [0.4, 0.5) is 0 Å². The highest BCUT2D eigenvalue weighted by Crippen LogP contribution is 2.26. The fourth-order valence-corrected chi connectivity index (χ4v) is 3.29. The van der Waals surface area contributed by atoms with Crippen LogP contribution in [0.25, 0.3) is 11.4 Å². The molecule has 0 amide bonds. The van der Waals surface area contributed by atoms with Gasteiger partial charge in [0.25, 0.3) is 0 Å². The molecule has 0 unspecified atom stereocenters. The van der Waals surface area contributed by atoms with Gasteiger partial charge in [-0.2, -0.15) is 0 Å². The van der Waals surface area contributed by atoms with Crippen LogP contribution < -0.4 is 4.74 Å². The molecular weight excluding hydrogens is 330 g/mol. The highest BCUT2D eigenvalue weighted by molar-refractivity contribution is 7.99. The predicted octanol–water partition coefficient (Wildman–Crippen LogP) is 4.61. The van der Waals surface area contributed by atoms with Gasteiger partial charge in [-0.3, -0.25) is 4.57 Å². The molecule has 0 saturated carbocycles. The Morgan fingerprint density at radius 1 is 1.08 bits per heavy atom. The summed E-state index contributed by atoms with van der Waals surface area (Å²) in [7, 11) is 0. The van der Waals surface area contributed by atoms with E-state index >= 15 is 0 Å². The maximum absolute atomic E-state index is 5.74. The van der Waals surface area contributed by atoms with Gasteiger partial charge in [-0.15, -0.1) is 16.8 Å². The molecule has 0 aliphatic heterocycles. The van der Waals surface area contributed by atoms with Gasteiger partial charge in [0, 0.05) is 17.9 Å². The summed E-state index contributed by atoms with van der Waals surface area (Å²) in [6.45, 7) is 7.25. The first-order valence-corrected chi connectivity index (χ1v) is 9.19. The van der Waals surface area contributed by atoms with Crippen molar-refractivity contribution in [3.05, 3.63) is 72.8 Å². The van der Waals surface area contributed by atoms with Crippen molar-refractivity contribution in [3.8, 4) is 17.1 Å². The molecule has 1 aromatic heterocycles. The third-order valence-electron chi connectivity index (χ3n) is 3.74. The second-order valence-electron chi connectivity index (χ2n) is 5.53. The van der Waals surface area contributed by atoms with Crippen molar-refractivity contribution in [2.45, 2.75) is 18.6 Å². The largest absolute Gasteiger partial charge is 0.493 e. The van der Waals surface area contributed by atoms with Crippen LogP contribution in [-0.4, -0.2) is 27.1 Å². The van der Waals surface area contributed by atoms with Gasteiger partial charge in [-0.25, -0.2) is 0 Å². The van der Waals surface area contributed by atoms with Crippen LogP contribution in [0.1, 0.15) is 5.56 Å². The van der Waals surface area contributed by atoms with E-state index in [1.54, 1.807) is 11.8 Å². The molecule has 0 radical (unpaired) electrons. The fraction of sp³-hybridized carbons (Fsp3) is 0.200. The highest BCUT2D eigenvalue weighted by Gasteiger charge is 2.14. The van der Waals surface area contributed by atoms with Crippen molar-refractivity contribution in [1.82, 2.24) is 14.8 Å². The fourth-order valence-electron chi connectivity index (χ4n) is 2.52. The van der Waals surface area contributed by atoms with Crippen molar-refractivity contribution in [3.63, 3.8) is 0 Å². The quantitative estimate of drug-likeness (QED) is 0.337. The zero-order valence-electron chi connectivity index (χ0n) is 14.3. The monoisotopic (exact) mass is 351 g/mol. The van der Waals surface area contributed by atoms with Crippen molar-refractivity contribution in [1.29, 1.82) is 0 Å². The Hall–Kier alpha value is -2.53. The maximum Gasteiger partial charge on any atom is 0.191 e. The molecule has 0 N–H and O–H groups in total. The van der Waals surface area contributed by atoms with E-state index in [1.807, 2.05) is 48.5 Å². The molecule has 0 aliphatic rings. The van der Waals surface area contributed by atoms with Crippen molar-refractivity contribution in [2.75, 3.05) is 12.4 Å². The molecule has 0 spiro atoms. The molecule has 128 valence electrons. The standard InChI is InChI=1S/C20H21N3OS/c1-3-13-23-19(18-12-8-7-9-16(18)2)21-22-20(23)25-15-14-24-17-10-5-4-6-11-17/h3-12H,1,13-15H2,2H3. The average Bonchev–Trinajstić information content (AvgIpc) is 3.03. The third kappa shape index (κ3) is 4.31. The highest BCUT2D eigenvalue weighted by atomic mass is 32.2. The second-order valence-corrected chi connectivity index (χ2v) is 6.59. The number of aryl methyl sites for hydroxylation is 1. The number of hydrogen-bond acceptors (Lipinski definition) is 4. The van der Waals surface area contributed by atoms with E-state index in [0.717, 1.165) is 28.0 Å². The van der Waals surface area contributed by atoms with Crippen molar-refractivity contribution < 1.29 is 4.74 Å². The molecule has 3 aromatic rings. The van der Waals surface area contributed by atoms with E-state index in [1.165, 1.54) is 5.56 Å². The Labute approximate surface area is 152 Å². The van der Waals surface area contributed by atoms with Gasteiger partial charge in [0.2, 0.25) is 0 Å². The molecule has 2 aromatic carbocycles. The molecule has 5 heteroatoms. The number of hydrogen-bond donors (Lipinski definition) is 0. The lowest BCUT2D eigenvalue weighted by Crippen LogP contribution is -2.04. The van der Waals surface area contributed by atoms with E-state index in [0.29, 0.717) is 13.2 Å². The summed E-state index contributed by atoms with van der Waals surface area (Å²) in [4.78, 5) is 0. The van der Waals surface area contributed by atoms with Crippen molar-refractivity contribution >= 4 is 11.8 Å². The molecule has 25 heavy (non-hydrogen) atoms. The first-order valence-electron chi connectivity index (χ1n) is 8.20. The van der Waals surface area contributed by atoms with E-state index in [-0.39, 0.29) is 0 Å². The number of rotatable bonds is 8. The lowest BCUT2D eigenvalue weighted by atomic mass is 10.1. The molecular formula is C20H21N3OS. The maximum atomic E-state index is 5.74. The van der Waals surface area contributed by atoms with E-state index < -0.39 is 0 Å². The van der Waals surface area contributed by atoms with Gasteiger partial charge in [0.05, 0.1) is 6.61 Å². The van der Waals surface area contributed by atoms with Gasteiger partial charge in [-0.1, -0.05) is 60.3 Å². The lowest BCUT2D eigenvalue weighted by Gasteiger charge is -2.10. The Morgan fingerprint density at radius 2 is 1.84 bits per heavy atom. The molecule has 3 rings (SSSR count). The number of allylic oxidation sites excluding steroid dienone is 1. The van der Waals surface area contributed by atoms with Gasteiger partial charge < -0.3 is 4.74 Å². The van der Waals surface area contributed by atoms with Gasteiger partial charge in [0.1, 0.15) is 5.75 Å². The summed E-state index contributed by atoms with van der Waals surface area (Å²) in [6.07, 6.45) is 1.87. The Bertz CT molecular complexity index is 830. The summed E-state index contributed by atoms with van der Waals surface area (Å²) < 4.78 is 7.84. The molecule has 0 saturated heterocycles. The predicted molar refractivity (Wildman–Crippen MR) is 103 cm³/mol. The number of thioether (sulfide) groups is 1. The Kier molecular flexibility index (Phi) is 5.90. The second kappa shape index (κ2) is 8.53. The minimum absolute atomic E-state index is 0.620. The third-order valence-corrected chi connectivity index (χ3v) is 4.67. The summed E-state index contributed by atoms with van der Waals surface area (Å²) in [5.74, 6) is 2.57. The molecule has 0 bridgehead atoms. The number of ether oxygens (including phenoxy) is 1. The molecule has 0 atom stereocenters. The lowest BCUT2D eigenvalue weighted by molar-refractivity contribution is 0.344. The summed E-state index contributed by atoms with van der Waals surface area (Å²) in [5.41, 5.74) is 2.29. The van der Waals surface area contributed by atoms with Crippen LogP contribution in [0, 0.1) is 6.92 Å². The zero-order chi connectivity index (χ0) is 17.5. The smallest absolute Gasteiger partial charge is 0.191 e. The van der Waals surface area contributed by atoms with Crippen molar-refractivity contribution in [2.24, 2.45) is 0 Å². The number of para-hydroxylation sites is 1. The van der Waals surface area contributed by atoms with E-state index in [9.17, 15) is 0 Å². The van der Waals surface area contributed by atoms with Gasteiger partial charge in [-0.05, 0) is 24.6 Å². The molecule has 4 nitrogen and oxygen atoms in total. The zero-order valence-corrected chi connectivity index (χ0v) is 15.1. The minimum Gasteiger partial charge on any atom is -0.493 e. The topological polar surface area (TPSA) is 39.9 Å². The van der Waals surface area contributed by atoms with Crippen LogP contribution in [0.15, 0.2) is 72.4 Å². The van der Waals surface area contributed by atoms with Crippen LogP contribution >= 0.6 is 11.8 Å². The molecule has 1 heterocycles. The summed E-state index contributed by atoms with van der Waals surface area (Å²) in [6, 6.07) is 18.1. The minimum atomic E-state index is 0.620. The SMILES string of the molecule is C=CCn1c(SCCOc2ccccc2)nnc1-c1ccccc1C. The molecule has 0 aliphatic carbocycles. The number of aromatic nitrogens is 3. The Balaban J connectivity index is 1.69. The Morgan fingerprint density at radius 3 is 2.60 bits per heavy atom. The molecule has 0 fully saturated rings. The van der Waals surface area contributed by atoms with Crippen LogP contribution in [0.5, 0.6) is 5.75 Å². The van der Waals surface area contributed by atoms with Crippen LogP contribution in [0.2, 0.25) is 0 Å². The van der Waals surface area contributed by atoms with E-state index in [2.05, 4.69) is 40.4 Å². The first-order chi connectivity index (χ1) is 12.3. The first kappa shape index (κ1) is 17.3. The van der Waals surface area contributed by atoms with Crippen LogP contribution in [-0.2, 0) is 6.54 Å². The van der Waals surface area contributed by atoms with Gasteiger partial charge >= 0.3 is 0 Å². The number of benzene rings is 2. The number of nitrogens with zero attached hydrogens (tertiary/aromatic N) is 3. The van der Waals surface area contributed by atoms with E-state index in [4.69, 9.17) is 4.74 Å². The van der Waals surface area contributed by atoms with Gasteiger partial charge in [0.15, 0.2) is 11.0 Å². The summed E-state index contributed by atoms with van der Waals surface area (Å²) >= 11 is 1.64. The van der Waals surface area contributed by atoms with Crippen LogP contribution in [0.3, 0.4) is 0 Å². The summed E-state index contributed by atoms with van der Waals surface area (Å²) in [5, 5.41) is 9.66. The normalized spacial score (nSPS) is 10.6.